The minimum Gasteiger partial charge on any atom is -0.434 e. The Balaban J connectivity index is 2.35. The molecular weight excluding hydrogens is 240 g/mol. The van der Waals surface area contributed by atoms with E-state index in [1.54, 1.807) is 6.07 Å². The zero-order chi connectivity index (χ0) is 12.3. The second-order valence-corrected chi connectivity index (χ2v) is 3.86. The number of halogens is 1. The summed E-state index contributed by atoms with van der Waals surface area (Å²) in [7, 11) is 0. The molecule has 0 unspecified atom stereocenters. The monoisotopic (exact) mass is 250 g/mol. The summed E-state index contributed by atoms with van der Waals surface area (Å²) in [5.41, 5.74) is 0.670. The number of aromatic amines is 1. The van der Waals surface area contributed by atoms with Gasteiger partial charge in [0.1, 0.15) is 10.9 Å². The van der Waals surface area contributed by atoms with Crippen LogP contribution in [0.3, 0.4) is 0 Å². The Morgan fingerprint density at radius 2 is 2.18 bits per heavy atom. The van der Waals surface area contributed by atoms with E-state index in [0.717, 1.165) is 12.0 Å². The molecule has 5 heteroatoms. The van der Waals surface area contributed by atoms with Crippen LogP contribution in [0.4, 0.5) is 0 Å². The van der Waals surface area contributed by atoms with Crippen LogP contribution in [0.1, 0.15) is 12.5 Å². The second kappa shape index (κ2) is 5.01. The molecule has 0 saturated carbocycles. The van der Waals surface area contributed by atoms with E-state index in [9.17, 15) is 4.79 Å². The molecule has 88 valence electrons. The third-order valence-electron chi connectivity index (χ3n) is 2.29. The van der Waals surface area contributed by atoms with E-state index in [1.807, 2.05) is 25.1 Å². The quantitative estimate of drug-likeness (QED) is 0.911. The molecule has 1 aromatic heterocycles. The number of rotatable bonds is 3. The number of benzene rings is 1. The van der Waals surface area contributed by atoms with Crippen LogP contribution >= 0.6 is 11.6 Å². The van der Waals surface area contributed by atoms with Crippen molar-refractivity contribution in [1.29, 1.82) is 0 Å². The molecule has 1 N–H and O–H groups in total. The first-order chi connectivity index (χ1) is 8.20. The van der Waals surface area contributed by atoms with Crippen molar-refractivity contribution in [2.45, 2.75) is 13.3 Å². The predicted molar refractivity (Wildman–Crippen MR) is 65.8 cm³/mol. The summed E-state index contributed by atoms with van der Waals surface area (Å²) in [4.78, 5) is 11.6. The number of aryl methyl sites for hydroxylation is 1. The highest BCUT2D eigenvalue weighted by atomic mass is 35.5. The molecule has 0 spiro atoms. The second-order valence-electron chi connectivity index (χ2n) is 3.45. The Hall–Kier alpha value is -1.81. The first-order valence-electron chi connectivity index (χ1n) is 5.21. The fraction of sp³-hybridized carbons (Fsp3) is 0.167. The largest absolute Gasteiger partial charge is 0.434 e. The van der Waals surface area contributed by atoms with Gasteiger partial charge in [-0.1, -0.05) is 36.7 Å². The lowest BCUT2D eigenvalue weighted by molar-refractivity contribution is 0.445. The number of hydrogen-bond donors (Lipinski definition) is 1. The van der Waals surface area contributed by atoms with Gasteiger partial charge >= 0.3 is 0 Å². The molecule has 4 nitrogen and oxygen atoms in total. The highest BCUT2D eigenvalue weighted by Crippen LogP contribution is 2.22. The Morgan fingerprint density at radius 1 is 1.41 bits per heavy atom. The molecule has 0 aliphatic heterocycles. The molecule has 0 atom stereocenters. The number of hydrogen-bond acceptors (Lipinski definition) is 3. The molecule has 1 heterocycles. The van der Waals surface area contributed by atoms with Crippen LogP contribution < -0.4 is 10.2 Å². The third kappa shape index (κ3) is 2.65. The van der Waals surface area contributed by atoms with Crippen LogP contribution in [0.5, 0.6) is 11.6 Å². The summed E-state index contributed by atoms with van der Waals surface area (Å²) in [6.07, 6.45) is 0.821. The van der Waals surface area contributed by atoms with Crippen molar-refractivity contribution in [1.82, 2.24) is 10.2 Å². The van der Waals surface area contributed by atoms with Gasteiger partial charge in [0.2, 0.25) is 5.43 Å². The first kappa shape index (κ1) is 11.7. The molecule has 2 aromatic rings. The molecule has 0 radical (unpaired) electrons. The van der Waals surface area contributed by atoms with Crippen LogP contribution in [0, 0.1) is 0 Å². The Morgan fingerprint density at radius 3 is 2.88 bits per heavy atom. The lowest BCUT2D eigenvalue weighted by Gasteiger charge is -2.07. The molecule has 0 fully saturated rings. The van der Waals surface area contributed by atoms with Crippen LogP contribution in [0.15, 0.2) is 35.1 Å². The molecule has 2 rings (SSSR count). The van der Waals surface area contributed by atoms with Crippen molar-refractivity contribution in [3.8, 4) is 11.6 Å². The minimum atomic E-state index is -0.348. The fourth-order valence-corrected chi connectivity index (χ4v) is 1.58. The topological polar surface area (TPSA) is 55.0 Å². The van der Waals surface area contributed by atoms with Gasteiger partial charge in [-0.15, -0.1) is 5.10 Å². The summed E-state index contributed by atoms with van der Waals surface area (Å²) in [5, 5.41) is 6.43. The number of nitrogens with zero attached hydrogens (tertiary/aromatic N) is 1. The van der Waals surface area contributed by atoms with Gasteiger partial charge in [-0.25, -0.2) is 0 Å². The van der Waals surface area contributed by atoms with Gasteiger partial charge in [-0.05, 0) is 18.1 Å². The van der Waals surface area contributed by atoms with Gasteiger partial charge in [-0.2, -0.15) is 0 Å². The van der Waals surface area contributed by atoms with Gasteiger partial charge in [0, 0.05) is 6.07 Å². The van der Waals surface area contributed by atoms with Crippen molar-refractivity contribution in [3.05, 3.63) is 51.3 Å². The minimum absolute atomic E-state index is 0.00435. The predicted octanol–water partition coefficient (Wildman–Crippen LogP) is 2.78. The normalized spacial score (nSPS) is 10.2. The van der Waals surface area contributed by atoms with E-state index in [4.69, 9.17) is 16.3 Å². The highest BCUT2D eigenvalue weighted by Gasteiger charge is 2.07. The van der Waals surface area contributed by atoms with E-state index < -0.39 is 0 Å². The molecular formula is C12H11ClN2O2. The van der Waals surface area contributed by atoms with Crippen molar-refractivity contribution in [2.24, 2.45) is 0 Å². The van der Waals surface area contributed by atoms with Crippen LogP contribution in [0.2, 0.25) is 5.15 Å². The zero-order valence-corrected chi connectivity index (χ0v) is 9.99. The van der Waals surface area contributed by atoms with E-state index in [-0.39, 0.29) is 16.5 Å². The number of aromatic nitrogens is 2. The fourth-order valence-electron chi connectivity index (χ4n) is 1.44. The molecule has 17 heavy (non-hydrogen) atoms. The standard InChI is InChI=1S/C12H11ClN2O2/c1-2-8-5-3-4-6-10(8)17-12-9(16)7-11(13)14-15-12/h3-7H,2H2,1H3,(H,14,16). The number of ether oxygens (including phenoxy) is 1. The maximum absolute atomic E-state index is 11.6. The summed E-state index contributed by atoms with van der Waals surface area (Å²) in [6.45, 7) is 2.02. The zero-order valence-electron chi connectivity index (χ0n) is 9.24. The summed E-state index contributed by atoms with van der Waals surface area (Å²) < 4.78 is 5.47. The van der Waals surface area contributed by atoms with Gasteiger partial charge in [0.05, 0.1) is 0 Å². The van der Waals surface area contributed by atoms with Crippen molar-refractivity contribution in [2.75, 3.05) is 0 Å². The number of nitrogens with one attached hydrogen (secondary N) is 1. The van der Waals surface area contributed by atoms with E-state index in [2.05, 4.69) is 10.2 Å². The van der Waals surface area contributed by atoms with Crippen LogP contribution in [-0.4, -0.2) is 10.2 Å². The maximum atomic E-state index is 11.6. The summed E-state index contributed by atoms with van der Waals surface area (Å²) in [6, 6.07) is 8.75. The summed E-state index contributed by atoms with van der Waals surface area (Å²) >= 11 is 5.60. The number of para-hydroxylation sites is 1. The molecule has 0 aliphatic rings. The van der Waals surface area contributed by atoms with Crippen molar-refractivity contribution < 1.29 is 4.74 Å². The van der Waals surface area contributed by atoms with Gasteiger partial charge in [0.15, 0.2) is 0 Å². The Labute approximate surface area is 103 Å². The smallest absolute Gasteiger partial charge is 0.285 e. The third-order valence-corrected chi connectivity index (χ3v) is 2.49. The molecule has 0 aliphatic carbocycles. The van der Waals surface area contributed by atoms with E-state index in [1.165, 1.54) is 6.07 Å². The van der Waals surface area contributed by atoms with Gasteiger partial charge in [0.25, 0.3) is 5.88 Å². The van der Waals surface area contributed by atoms with Crippen molar-refractivity contribution in [3.63, 3.8) is 0 Å². The average Bonchev–Trinajstić information content (AvgIpc) is 2.33. The summed E-state index contributed by atoms with van der Waals surface area (Å²) in [5.74, 6) is 0.630. The maximum Gasteiger partial charge on any atom is 0.285 e. The number of H-pyrrole nitrogens is 1. The molecule has 0 saturated heterocycles. The van der Waals surface area contributed by atoms with Crippen LogP contribution in [0.25, 0.3) is 0 Å². The lowest BCUT2D eigenvalue weighted by Crippen LogP contribution is -2.08. The van der Waals surface area contributed by atoms with Crippen LogP contribution in [-0.2, 0) is 6.42 Å². The molecule has 0 bridgehead atoms. The first-order valence-corrected chi connectivity index (χ1v) is 5.59. The Bertz CT molecular complexity index is 581. The highest BCUT2D eigenvalue weighted by molar-refractivity contribution is 6.29. The van der Waals surface area contributed by atoms with E-state index in [0.29, 0.717) is 5.75 Å². The molecule has 0 amide bonds. The SMILES string of the molecule is CCc1ccccc1Oc1n[nH]c(Cl)cc1=O. The molecule has 1 aromatic carbocycles. The van der Waals surface area contributed by atoms with Gasteiger partial charge in [-0.3, -0.25) is 9.89 Å². The average molecular weight is 251 g/mol. The van der Waals surface area contributed by atoms with E-state index >= 15 is 0 Å². The lowest BCUT2D eigenvalue weighted by atomic mass is 10.1. The van der Waals surface area contributed by atoms with Gasteiger partial charge < -0.3 is 4.74 Å². The van der Waals surface area contributed by atoms with Crippen molar-refractivity contribution >= 4 is 11.6 Å². The Kier molecular flexibility index (Phi) is 3.44.